The Bertz CT molecular complexity index is 335. The van der Waals surface area contributed by atoms with Crippen molar-refractivity contribution in [2.24, 2.45) is 0 Å². The highest BCUT2D eigenvalue weighted by molar-refractivity contribution is 7.99. The minimum Gasteiger partial charge on any atom is -0.491 e. The summed E-state index contributed by atoms with van der Waals surface area (Å²) in [4.78, 5) is 0. The molecule has 1 aromatic rings. The molecule has 0 aliphatic rings. The van der Waals surface area contributed by atoms with E-state index in [-0.39, 0.29) is 6.10 Å². The molecule has 3 heteroatoms. The minimum absolute atomic E-state index is 0.232. The molecule has 0 fully saturated rings. The summed E-state index contributed by atoms with van der Waals surface area (Å²) >= 11 is 1.90. The lowest BCUT2D eigenvalue weighted by atomic mass is 10.2. The van der Waals surface area contributed by atoms with Crippen LogP contribution in [0.3, 0.4) is 0 Å². The summed E-state index contributed by atoms with van der Waals surface area (Å²) in [7, 11) is 0. The van der Waals surface area contributed by atoms with Crippen LogP contribution in [0.4, 0.5) is 0 Å². The molecule has 0 aliphatic heterocycles. The van der Waals surface area contributed by atoms with Crippen molar-refractivity contribution < 1.29 is 4.74 Å². The molecule has 0 spiro atoms. The van der Waals surface area contributed by atoms with Gasteiger partial charge in [-0.25, -0.2) is 0 Å². The Morgan fingerprint density at radius 1 is 1.33 bits per heavy atom. The van der Waals surface area contributed by atoms with Crippen LogP contribution in [0.25, 0.3) is 0 Å². The van der Waals surface area contributed by atoms with Gasteiger partial charge in [0.2, 0.25) is 0 Å². The first-order chi connectivity index (χ1) is 8.72. The maximum absolute atomic E-state index is 5.61. The van der Waals surface area contributed by atoms with Gasteiger partial charge in [-0.2, -0.15) is 11.8 Å². The van der Waals surface area contributed by atoms with Crippen LogP contribution in [-0.4, -0.2) is 24.2 Å². The van der Waals surface area contributed by atoms with E-state index in [1.54, 1.807) is 0 Å². The van der Waals surface area contributed by atoms with E-state index < -0.39 is 0 Å². The van der Waals surface area contributed by atoms with Crippen molar-refractivity contribution >= 4 is 11.8 Å². The van der Waals surface area contributed by atoms with Crippen molar-refractivity contribution in [1.29, 1.82) is 0 Å². The van der Waals surface area contributed by atoms with Crippen molar-refractivity contribution in [3.8, 4) is 5.75 Å². The van der Waals surface area contributed by atoms with Gasteiger partial charge in [-0.3, -0.25) is 0 Å². The molecule has 0 radical (unpaired) electrons. The maximum Gasteiger partial charge on any atom is 0.119 e. The average Bonchev–Trinajstić information content (AvgIpc) is 2.35. The third-order valence-corrected chi connectivity index (χ3v) is 3.25. The molecule has 0 atom stereocenters. The summed E-state index contributed by atoms with van der Waals surface area (Å²) in [5.74, 6) is 3.10. The van der Waals surface area contributed by atoms with Crippen molar-refractivity contribution in [2.75, 3.05) is 18.1 Å². The lowest BCUT2D eigenvalue weighted by Crippen LogP contribution is -2.16. The Labute approximate surface area is 115 Å². The molecule has 0 saturated carbocycles. The van der Waals surface area contributed by atoms with Gasteiger partial charge in [0, 0.05) is 24.6 Å². The summed E-state index contributed by atoms with van der Waals surface area (Å²) < 4.78 is 5.61. The fourth-order valence-corrected chi connectivity index (χ4v) is 2.12. The topological polar surface area (TPSA) is 21.3 Å². The van der Waals surface area contributed by atoms with Gasteiger partial charge >= 0.3 is 0 Å². The van der Waals surface area contributed by atoms with E-state index in [4.69, 9.17) is 4.74 Å². The lowest BCUT2D eigenvalue weighted by Gasteiger charge is -2.10. The Morgan fingerprint density at radius 3 is 2.67 bits per heavy atom. The van der Waals surface area contributed by atoms with E-state index in [0.29, 0.717) is 0 Å². The molecule has 0 aliphatic carbocycles. The Hall–Kier alpha value is -0.930. The van der Waals surface area contributed by atoms with Gasteiger partial charge in [0.25, 0.3) is 0 Å². The largest absolute Gasteiger partial charge is 0.491 e. The fourth-order valence-electron chi connectivity index (χ4n) is 1.50. The van der Waals surface area contributed by atoms with Crippen LogP contribution >= 0.6 is 11.8 Å². The van der Waals surface area contributed by atoms with E-state index >= 15 is 0 Å². The van der Waals surface area contributed by atoms with Crippen LogP contribution in [0.1, 0.15) is 19.4 Å². The molecule has 2 nitrogen and oxygen atoms in total. The van der Waals surface area contributed by atoms with Gasteiger partial charge in [0.15, 0.2) is 0 Å². The van der Waals surface area contributed by atoms with Crippen LogP contribution < -0.4 is 10.1 Å². The molecule has 1 aromatic carbocycles. The summed E-state index contributed by atoms with van der Waals surface area (Å²) in [5, 5.41) is 3.42. The predicted molar refractivity (Wildman–Crippen MR) is 81.4 cm³/mol. The van der Waals surface area contributed by atoms with Crippen LogP contribution in [0.15, 0.2) is 36.9 Å². The van der Waals surface area contributed by atoms with Crippen LogP contribution in [0.2, 0.25) is 0 Å². The van der Waals surface area contributed by atoms with E-state index in [0.717, 1.165) is 30.3 Å². The van der Waals surface area contributed by atoms with E-state index in [1.807, 2.05) is 43.8 Å². The molecular formula is C15H23NOS. The first-order valence-electron chi connectivity index (χ1n) is 6.37. The first kappa shape index (κ1) is 15.1. The summed E-state index contributed by atoms with van der Waals surface area (Å²) in [5.41, 5.74) is 1.29. The zero-order valence-corrected chi connectivity index (χ0v) is 12.1. The molecule has 0 saturated heterocycles. The van der Waals surface area contributed by atoms with Crippen LogP contribution in [0.5, 0.6) is 5.75 Å². The highest BCUT2D eigenvalue weighted by Gasteiger charge is 1.98. The summed E-state index contributed by atoms with van der Waals surface area (Å²) in [6.07, 6.45) is 2.17. The molecular weight excluding hydrogens is 242 g/mol. The molecule has 0 amide bonds. The van der Waals surface area contributed by atoms with Gasteiger partial charge in [0.05, 0.1) is 6.10 Å². The quantitative estimate of drug-likeness (QED) is 0.545. The van der Waals surface area contributed by atoms with Crippen molar-refractivity contribution in [3.63, 3.8) is 0 Å². The third-order valence-electron chi connectivity index (χ3n) is 2.28. The van der Waals surface area contributed by atoms with Crippen molar-refractivity contribution in [1.82, 2.24) is 5.32 Å². The van der Waals surface area contributed by atoms with Gasteiger partial charge < -0.3 is 10.1 Å². The molecule has 0 aromatic heterocycles. The molecule has 0 heterocycles. The normalized spacial score (nSPS) is 10.6. The number of nitrogens with one attached hydrogen (secondary N) is 1. The highest BCUT2D eigenvalue weighted by Crippen LogP contribution is 2.13. The van der Waals surface area contributed by atoms with Gasteiger partial charge in [-0.1, -0.05) is 18.2 Å². The smallest absolute Gasteiger partial charge is 0.119 e. The average molecular weight is 265 g/mol. The lowest BCUT2D eigenvalue weighted by molar-refractivity contribution is 0.242. The van der Waals surface area contributed by atoms with Gasteiger partial charge in [-0.15, -0.1) is 6.58 Å². The predicted octanol–water partition coefficient (Wildman–Crippen LogP) is 3.48. The van der Waals surface area contributed by atoms with Crippen LogP contribution in [0, 0.1) is 0 Å². The number of ether oxygens (including phenoxy) is 1. The third kappa shape index (κ3) is 6.72. The number of benzene rings is 1. The Morgan fingerprint density at radius 2 is 2.06 bits per heavy atom. The number of hydrogen-bond donors (Lipinski definition) is 1. The molecule has 0 unspecified atom stereocenters. The number of thioether (sulfide) groups is 1. The SMILES string of the molecule is C=CCSCCNCc1ccc(OC(C)C)cc1. The number of hydrogen-bond acceptors (Lipinski definition) is 3. The number of rotatable bonds is 9. The van der Waals surface area contributed by atoms with Crippen molar-refractivity contribution in [3.05, 3.63) is 42.5 Å². The zero-order chi connectivity index (χ0) is 13.2. The molecule has 100 valence electrons. The van der Waals surface area contributed by atoms with Gasteiger partial charge in [-0.05, 0) is 31.5 Å². The van der Waals surface area contributed by atoms with Crippen LogP contribution in [-0.2, 0) is 6.54 Å². The Kier molecular flexibility index (Phi) is 7.62. The fraction of sp³-hybridized carbons (Fsp3) is 0.467. The monoisotopic (exact) mass is 265 g/mol. The Balaban J connectivity index is 2.20. The second-order valence-corrected chi connectivity index (χ2v) is 5.50. The first-order valence-corrected chi connectivity index (χ1v) is 7.53. The molecule has 18 heavy (non-hydrogen) atoms. The molecule has 1 N–H and O–H groups in total. The standard InChI is InChI=1S/C15H23NOS/c1-4-10-18-11-9-16-12-14-5-7-15(8-6-14)17-13(2)3/h4-8,13,16H,1,9-12H2,2-3H3. The summed E-state index contributed by atoms with van der Waals surface area (Å²) in [6.45, 7) is 9.72. The van der Waals surface area contributed by atoms with Gasteiger partial charge in [0.1, 0.15) is 5.75 Å². The minimum atomic E-state index is 0.232. The summed E-state index contributed by atoms with van der Waals surface area (Å²) in [6, 6.07) is 8.29. The molecule has 0 bridgehead atoms. The maximum atomic E-state index is 5.61. The van der Waals surface area contributed by atoms with E-state index in [2.05, 4.69) is 24.0 Å². The van der Waals surface area contributed by atoms with E-state index in [1.165, 1.54) is 5.56 Å². The van der Waals surface area contributed by atoms with Crippen molar-refractivity contribution in [2.45, 2.75) is 26.5 Å². The molecule has 1 rings (SSSR count). The van der Waals surface area contributed by atoms with E-state index in [9.17, 15) is 0 Å². The second kappa shape index (κ2) is 9.06. The second-order valence-electron chi connectivity index (χ2n) is 4.35. The zero-order valence-electron chi connectivity index (χ0n) is 11.3. The highest BCUT2D eigenvalue weighted by atomic mass is 32.2.